The summed E-state index contributed by atoms with van der Waals surface area (Å²) in [5.74, 6) is -1.24. The first-order chi connectivity index (χ1) is 7.99. The van der Waals surface area contributed by atoms with Crippen LogP contribution in [-0.4, -0.2) is 16.0 Å². The molecule has 0 aromatic heterocycles. The fourth-order valence-corrected chi connectivity index (χ4v) is 1.59. The molecule has 0 amide bonds. The van der Waals surface area contributed by atoms with Gasteiger partial charge >= 0.3 is 5.97 Å². The van der Waals surface area contributed by atoms with E-state index in [1.54, 1.807) is 0 Å². The summed E-state index contributed by atoms with van der Waals surface area (Å²) in [4.78, 5) is 20.6. The van der Waals surface area contributed by atoms with Crippen LogP contribution in [0.5, 0.6) is 0 Å². The van der Waals surface area contributed by atoms with Gasteiger partial charge < -0.3 is 5.11 Å². The van der Waals surface area contributed by atoms with Crippen molar-refractivity contribution in [1.82, 2.24) is 0 Å². The third-order valence-corrected chi connectivity index (χ3v) is 2.40. The zero-order chi connectivity index (χ0) is 13.0. The molecule has 1 rings (SSSR count). The van der Waals surface area contributed by atoms with Crippen LogP contribution in [0.4, 0.5) is 5.69 Å². The summed E-state index contributed by atoms with van der Waals surface area (Å²) in [5, 5.41) is 28.2. The van der Waals surface area contributed by atoms with Crippen molar-refractivity contribution in [3.8, 4) is 6.07 Å². The van der Waals surface area contributed by atoms with Crippen LogP contribution in [0.3, 0.4) is 0 Å². The van der Waals surface area contributed by atoms with Crippen LogP contribution in [0.15, 0.2) is 12.1 Å². The van der Waals surface area contributed by atoms with Crippen LogP contribution >= 0.6 is 11.6 Å². The van der Waals surface area contributed by atoms with Crippen molar-refractivity contribution in [2.24, 2.45) is 0 Å². The second kappa shape index (κ2) is 5.27. The SMILES string of the molecule is N#Cc1cc(CC(=O)O)c([N+](=O)[O-])cc1CCl. The number of nitriles is 1. The Morgan fingerprint density at radius 3 is 2.59 bits per heavy atom. The van der Waals surface area contributed by atoms with Gasteiger partial charge in [-0.25, -0.2) is 0 Å². The molecule has 0 fully saturated rings. The van der Waals surface area contributed by atoms with E-state index in [0.29, 0.717) is 5.56 Å². The molecule has 0 radical (unpaired) electrons. The fraction of sp³-hybridized carbons (Fsp3) is 0.200. The number of nitro groups is 1. The van der Waals surface area contributed by atoms with Crippen molar-refractivity contribution in [2.75, 3.05) is 0 Å². The summed E-state index contributed by atoms with van der Waals surface area (Å²) >= 11 is 5.56. The van der Waals surface area contributed by atoms with Crippen molar-refractivity contribution in [2.45, 2.75) is 12.3 Å². The van der Waals surface area contributed by atoms with Gasteiger partial charge in [0, 0.05) is 17.5 Å². The van der Waals surface area contributed by atoms with Gasteiger partial charge in [-0.05, 0) is 11.6 Å². The number of halogens is 1. The molecule has 0 saturated heterocycles. The van der Waals surface area contributed by atoms with Crippen molar-refractivity contribution >= 4 is 23.3 Å². The Bertz CT molecular complexity index is 522. The number of nitro benzene ring substituents is 1. The lowest BCUT2D eigenvalue weighted by Gasteiger charge is -2.04. The maximum atomic E-state index is 10.8. The smallest absolute Gasteiger partial charge is 0.308 e. The Morgan fingerprint density at radius 2 is 2.18 bits per heavy atom. The fourth-order valence-electron chi connectivity index (χ4n) is 1.37. The first-order valence-electron chi connectivity index (χ1n) is 4.47. The first-order valence-corrected chi connectivity index (χ1v) is 5.01. The highest BCUT2D eigenvalue weighted by Gasteiger charge is 2.19. The highest BCUT2D eigenvalue weighted by molar-refractivity contribution is 6.17. The summed E-state index contributed by atoms with van der Waals surface area (Å²) in [6.07, 6.45) is -0.506. The van der Waals surface area contributed by atoms with Gasteiger partial charge in [-0.3, -0.25) is 14.9 Å². The van der Waals surface area contributed by atoms with E-state index in [2.05, 4.69) is 0 Å². The Kier molecular flexibility index (Phi) is 4.01. The van der Waals surface area contributed by atoms with E-state index >= 15 is 0 Å². The summed E-state index contributed by atoms with van der Waals surface area (Å²) < 4.78 is 0. The molecular formula is C10H7ClN2O4. The second-order valence-corrected chi connectivity index (χ2v) is 3.48. The Morgan fingerprint density at radius 1 is 1.53 bits per heavy atom. The quantitative estimate of drug-likeness (QED) is 0.501. The molecule has 0 aliphatic rings. The van der Waals surface area contributed by atoms with Gasteiger partial charge in [0.1, 0.15) is 0 Å². The Balaban J connectivity index is 3.41. The minimum atomic E-state index is -1.20. The van der Waals surface area contributed by atoms with Crippen LogP contribution in [-0.2, 0) is 17.1 Å². The molecule has 0 spiro atoms. The molecule has 1 N–H and O–H groups in total. The monoisotopic (exact) mass is 254 g/mol. The van der Waals surface area contributed by atoms with E-state index in [0.717, 1.165) is 6.07 Å². The van der Waals surface area contributed by atoms with E-state index in [-0.39, 0.29) is 22.7 Å². The van der Waals surface area contributed by atoms with E-state index in [1.165, 1.54) is 6.07 Å². The van der Waals surface area contributed by atoms with Crippen molar-refractivity contribution in [3.63, 3.8) is 0 Å². The Hall–Kier alpha value is -2.13. The van der Waals surface area contributed by atoms with E-state index < -0.39 is 17.3 Å². The summed E-state index contributed by atoms with van der Waals surface area (Å²) in [5.41, 5.74) is 0.131. The molecule has 17 heavy (non-hydrogen) atoms. The molecule has 0 atom stereocenters. The predicted octanol–water partition coefficient (Wildman–Crippen LogP) is 1.83. The first kappa shape index (κ1) is 12.9. The van der Waals surface area contributed by atoms with Gasteiger partial charge in [-0.15, -0.1) is 11.6 Å². The Labute approximate surface area is 101 Å². The van der Waals surface area contributed by atoms with Crippen LogP contribution in [0.1, 0.15) is 16.7 Å². The van der Waals surface area contributed by atoms with Gasteiger partial charge in [-0.2, -0.15) is 5.26 Å². The van der Waals surface area contributed by atoms with Crippen LogP contribution in [0.25, 0.3) is 0 Å². The largest absolute Gasteiger partial charge is 0.481 e. The molecule has 1 aromatic rings. The average molecular weight is 255 g/mol. The predicted molar refractivity (Wildman–Crippen MR) is 58.7 cm³/mol. The average Bonchev–Trinajstić information content (AvgIpc) is 2.27. The number of benzene rings is 1. The van der Waals surface area contributed by atoms with E-state index in [4.69, 9.17) is 22.0 Å². The molecule has 0 aliphatic heterocycles. The van der Waals surface area contributed by atoms with Gasteiger partial charge in [0.2, 0.25) is 0 Å². The third kappa shape index (κ3) is 2.92. The number of hydrogen-bond donors (Lipinski definition) is 1. The molecule has 88 valence electrons. The zero-order valence-corrected chi connectivity index (χ0v) is 9.27. The number of aliphatic carboxylic acids is 1. The van der Waals surface area contributed by atoms with Crippen molar-refractivity contribution < 1.29 is 14.8 Å². The summed E-state index contributed by atoms with van der Waals surface area (Å²) in [6, 6.07) is 4.17. The number of carboxylic acids is 1. The lowest BCUT2D eigenvalue weighted by Crippen LogP contribution is -2.05. The molecule has 6 nitrogen and oxygen atoms in total. The minimum Gasteiger partial charge on any atom is -0.481 e. The van der Waals surface area contributed by atoms with Crippen molar-refractivity contribution in [1.29, 1.82) is 5.26 Å². The number of rotatable bonds is 4. The van der Waals surface area contributed by atoms with Gasteiger partial charge in [0.15, 0.2) is 0 Å². The molecule has 7 heteroatoms. The maximum Gasteiger partial charge on any atom is 0.308 e. The number of hydrogen-bond acceptors (Lipinski definition) is 4. The molecule has 0 saturated carbocycles. The van der Waals surface area contributed by atoms with Crippen LogP contribution in [0.2, 0.25) is 0 Å². The molecule has 0 unspecified atom stereocenters. The summed E-state index contributed by atoms with van der Waals surface area (Å²) in [6.45, 7) is 0. The molecule has 1 aromatic carbocycles. The lowest BCUT2D eigenvalue weighted by molar-refractivity contribution is -0.385. The van der Waals surface area contributed by atoms with Crippen LogP contribution < -0.4 is 0 Å². The molecular weight excluding hydrogens is 248 g/mol. The minimum absolute atomic E-state index is 0.00656. The molecule has 0 bridgehead atoms. The maximum absolute atomic E-state index is 10.8. The highest BCUT2D eigenvalue weighted by atomic mass is 35.5. The normalized spacial score (nSPS) is 9.65. The molecule has 0 aliphatic carbocycles. The van der Waals surface area contributed by atoms with E-state index in [1.807, 2.05) is 6.07 Å². The second-order valence-electron chi connectivity index (χ2n) is 3.21. The number of nitrogens with zero attached hydrogens (tertiary/aromatic N) is 2. The zero-order valence-electron chi connectivity index (χ0n) is 8.51. The van der Waals surface area contributed by atoms with Gasteiger partial charge in [-0.1, -0.05) is 0 Å². The van der Waals surface area contributed by atoms with Crippen molar-refractivity contribution in [3.05, 3.63) is 38.9 Å². The number of alkyl halides is 1. The third-order valence-electron chi connectivity index (χ3n) is 2.11. The van der Waals surface area contributed by atoms with E-state index in [9.17, 15) is 14.9 Å². The van der Waals surface area contributed by atoms with Gasteiger partial charge in [0.05, 0.1) is 23.0 Å². The number of carboxylic acid groups (broad SMARTS) is 1. The summed E-state index contributed by atoms with van der Waals surface area (Å²) in [7, 11) is 0. The van der Waals surface area contributed by atoms with Gasteiger partial charge in [0.25, 0.3) is 5.69 Å². The highest BCUT2D eigenvalue weighted by Crippen LogP contribution is 2.25. The topological polar surface area (TPSA) is 104 Å². The molecule has 0 heterocycles. The lowest BCUT2D eigenvalue weighted by atomic mass is 10.0. The van der Waals surface area contributed by atoms with Crippen LogP contribution in [0, 0.1) is 21.4 Å². The number of carbonyl (C=O) groups is 1. The standard InChI is InChI=1S/C10H7ClN2O4/c11-4-7-2-9(13(16)17)6(3-10(14)15)1-8(7)5-12/h1-2H,3-4H2,(H,14,15).